The lowest BCUT2D eigenvalue weighted by Crippen LogP contribution is -2.59. The van der Waals surface area contributed by atoms with Gasteiger partial charge in [-0.25, -0.2) is 0 Å². The lowest BCUT2D eigenvalue weighted by molar-refractivity contribution is 0.0690. The van der Waals surface area contributed by atoms with Crippen LogP contribution in [0.15, 0.2) is 0 Å². The molecule has 1 saturated heterocycles. The fraction of sp³-hybridized carbons (Fsp3) is 1.00. The minimum atomic E-state index is 0.283. The third-order valence-electron chi connectivity index (χ3n) is 3.88. The summed E-state index contributed by atoms with van der Waals surface area (Å²) in [6, 6.07) is 0.913. The van der Waals surface area contributed by atoms with Gasteiger partial charge in [-0.2, -0.15) is 0 Å². The van der Waals surface area contributed by atoms with Crippen molar-refractivity contribution in [3.8, 4) is 0 Å². The van der Waals surface area contributed by atoms with Crippen molar-refractivity contribution in [1.29, 1.82) is 0 Å². The highest BCUT2D eigenvalue weighted by atomic mass is 16.3. The Morgan fingerprint density at radius 2 is 2.06 bits per heavy atom. The molecular weight excluding hydrogens is 212 g/mol. The zero-order chi connectivity index (χ0) is 12.7. The number of unbranched alkanes of at least 4 members (excludes halogenated alkanes) is 3. The van der Waals surface area contributed by atoms with Crippen LogP contribution < -0.4 is 5.32 Å². The highest BCUT2D eigenvalue weighted by Crippen LogP contribution is 2.14. The summed E-state index contributed by atoms with van der Waals surface area (Å²) in [4.78, 5) is 2.48. The average molecular weight is 242 g/mol. The van der Waals surface area contributed by atoms with E-state index in [0.29, 0.717) is 18.0 Å². The lowest BCUT2D eigenvalue weighted by Gasteiger charge is -2.41. The summed E-state index contributed by atoms with van der Waals surface area (Å²) in [6.45, 7) is 10.2. The highest BCUT2D eigenvalue weighted by molar-refractivity contribution is 4.87. The largest absolute Gasteiger partial charge is 0.395 e. The van der Waals surface area contributed by atoms with Gasteiger partial charge in [0, 0.05) is 25.2 Å². The molecule has 102 valence electrons. The lowest BCUT2D eigenvalue weighted by atomic mass is 9.99. The molecule has 0 aromatic heterocycles. The molecule has 0 amide bonds. The number of hydrogen-bond acceptors (Lipinski definition) is 3. The zero-order valence-electron chi connectivity index (χ0n) is 11.8. The summed E-state index contributed by atoms with van der Waals surface area (Å²) in [5, 5.41) is 13.0. The van der Waals surface area contributed by atoms with E-state index >= 15 is 0 Å². The number of hydrogen-bond donors (Lipinski definition) is 2. The van der Waals surface area contributed by atoms with E-state index < -0.39 is 0 Å². The second kappa shape index (κ2) is 8.06. The second-order valence-corrected chi connectivity index (χ2v) is 5.65. The zero-order valence-corrected chi connectivity index (χ0v) is 11.8. The third-order valence-corrected chi connectivity index (χ3v) is 3.88. The summed E-state index contributed by atoms with van der Waals surface area (Å²) in [7, 11) is 0. The summed E-state index contributed by atoms with van der Waals surface area (Å²) >= 11 is 0. The number of nitrogens with one attached hydrogen (secondary N) is 1. The molecule has 0 spiro atoms. The molecule has 3 heteroatoms. The molecule has 0 aromatic rings. The van der Waals surface area contributed by atoms with E-state index in [2.05, 4.69) is 31.0 Å². The molecule has 0 radical (unpaired) electrons. The Hall–Kier alpha value is -0.120. The van der Waals surface area contributed by atoms with E-state index in [-0.39, 0.29) is 6.61 Å². The van der Waals surface area contributed by atoms with E-state index in [1.807, 2.05) is 0 Å². The number of rotatable bonds is 7. The number of piperazine rings is 1. The monoisotopic (exact) mass is 242 g/mol. The van der Waals surface area contributed by atoms with Crippen molar-refractivity contribution in [2.45, 2.75) is 58.5 Å². The van der Waals surface area contributed by atoms with Gasteiger partial charge in [-0.05, 0) is 18.9 Å². The number of nitrogens with zero attached hydrogens (tertiary/aromatic N) is 1. The Kier molecular flexibility index (Phi) is 7.09. The molecule has 1 aliphatic rings. The van der Waals surface area contributed by atoms with E-state index in [4.69, 9.17) is 0 Å². The number of aliphatic hydroxyl groups is 1. The molecule has 1 heterocycles. The van der Waals surface area contributed by atoms with Gasteiger partial charge in [-0.1, -0.05) is 40.0 Å². The fourth-order valence-corrected chi connectivity index (χ4v) is 2.52. The molecule has 3 nitrogen and oxygen atoms in total. The molecule has 0 saturated carbocycles. The van der Waals surface area contributed by atoms with Gasteiger partial charge in [0.25, 0.3) is 0 Å². The van der Waals surface area contributed by atoms with E-state index in [1.54, 1.807) is 0 Å². The minimum Gasteiger partial charge on any atom is -0.395 e. The van der Waals surface area contributed by atoms with E-state index in [9.17, 15) is 5.11 Å². The van der Waals surface area contributed by atoms with Crippen LogP contribution in [0.2, 0.25) is 0 Å². The molecule has 2 N–H and O–H groups in total. The predicted octanol–water partition coefficient (Wildman–Crippen LogP) is 1.86. The molecule has 0 aromatic carbocycles. The van der Waals surface area contributed by atoms with Gasteiger partial charge < -0.3 is 10.4 Å². The van der Waals surface area contributed by atoms with Gasteiger partial charge in [0.15, 0.2) is 0 Å². The van der Waals surface area contributed by atoms with Crippen LogP contribution in [-0.2, 0) is 0 Å². The average Bonchev–Trinajstić information content (AvgIpc) is 2.34. The standard InChI is InChI=1S/C14H30N2O/c1-4-5-6-7-8-16-10-14(12(2)3)15-9-13(16)11-17/h12-15,17H,4-11H2,1-3H3. The summed E-state index contributed by atoms with van der Waals surface area (Å²) in [5.41, 5.74) is 0. The Bertz CT molecular complexity index is 197. The topological polar surface area (TPSA) is 35.5 Å². The first kappa shape index (κ1) is 14.9. The predicted molar refractivity (Wildman–Crippen MR) is 73.2 cm³/mol. The maximum atomic E-state index is 9.41. The third kappa shape index (κ3) is 4.94. The van der Waals surface area contributed by atoms with Gasteiger partial charge in [0.05, 0.1) is 6.61 Å². The van der Waals surface area contributed by atoms with E-state index in [1.165, 1.54) is 25.7 Å². The van der Waals surface area contributed by atoms with Crippen LogP contribution in [-0.4, -0.2) is 48.3 Å². The van der Waals surface area contributed by atoms with Crippen LogP contribution in [0.3, 0.4) is 0 Å². The molecule has 0 bridgehead atoms. The van der Waals surface area contributed by atoms with Crippen molar-refractivity contribution >= 4 is 0 Å². The molecule has 0 aliphatic carbocycles. The first-order chi connectivity index (χ1) is 8.19. The van der Waals surface area contributed by atoms with Gasteiger partial charge >= 0.3 is 0 Å². The van der Waals surface area contributed by atoms with Crippen LogP contribution in [0.1, 0.15) is 46.5 Å². The van der Waals surface area contributed by atoms with E-state index in [0.717, 1.165) is 19.6 Å². The first-order valence-electron chi connectivity index (χ1n) is 7.27. The summed E-state index contributed by atoms with van der Waals surface area (Å²) in [6.07, 6.45) is 5.23. The van der Waals surface area contributed by atoms with Crippen LogP contribution >= 0.6 is 0 Å². The molecule has 2 unspecified atom stereocenters. The van der Waals surface area contributed by atoms with Crippen molar-refractivity contribution in [2.24, 2.45) is 5.92 Å². The molecule has 1 aliphatic heterocycles. The number of aliphatic hydroxyl groups excluding tert-OH is 1. The van der Waals surface area contributed by atoms with Crippen molar-refractivity contribution in [3.63, 3.8) is 0 Å². The van der Waals surface area contributed by atoms with Crippen molar-refractivity contribution < 1.29 is 5.11 Å². The van der Waals surface area contributed by atoms with Crippen LogP contribution in [0, 0.1) is 5.92 Å². The maximum absolute atomic E-state index is 9.41. The summed E-state index contributed by atoms with van der Waals surface area (Å²) < 4.78 is 0. The second-order valence-electron chi connectivity index (χ2n) is 5.65. The van der Waals surface area contributed by atoms with Gasteiger partial charge in [-0.3, -0.25) is 4.90 Å². The highest BCUT2D eigenvalue weighted by Gasteiger charge is 2.28. The summed E-state index contributed by atoms with van der Waals surface area (Å²) in [5.74, 6) is 0.674. The maximum Gasteiger partial charge on any atom is 0.0599 e. The van der Waals surface area contributed by atoms with Crippen molar-refractivity contribution in [2.75, 3.05) is 26.2 Å². The van der Waals surface area contributed by atoms with Gasteiger partial charge in [0.1, 0.15) is 0 Å². The van der Waals surface area contributed by atoms with Crippen molar-refractivity contribution in [3.05, 3.63) is 0 Å². The van der Waals surface area contributed by atoms with Gasteiger partial charge in [-0.15, -0.1) is 0 Å². The molecule has 17 heavy (non-hydrogen) atoms. The normalized spacial score (nSPS) is 26.6. The smallest absolute Gasteiger partial charge is 0.0599 e. The SMILES string of the molecule is CCCCCCN1CC(C(C)C)NCC1CO. The van der Waals surface area contributed by atoms with Crippen LogP contribution in [0.5, 0.6) is 0 Å². The quantitative estimate of drug-likeness (QED) is 0.669. The Balaban J connectivity index is 2.34. The van der Waals surface area contributed by atoms with Crippen LogP contribution in [0.4, 0.5) is 0 Å². The first-order valence-corrected chi connectivity index (χ1v) is 7.27. The van der Waals surface area contributed by atoms with Gasteiger partial charge in [0.2, 0.25) is 0 Å². The molecule has 1 rings (SSSR count). The van der Waals surface area contributed by atoms with Crippen molar-refractivity contribution in [1.82, 2.24) is 10.2 Å². The molecule has 1 fully saturated rings. The van der Waals surface area contributed by atoms with Crippen LogP contribution in [0.25, 0.3) is 0 Å². The Morgan fingerprint density at radius 3 is 2.65 bits per heavy atom. The fourth-order valence-electron chi connectivity index (χ4n) is 2.52. The molecule has 2 atom stereocenters. The Labute approximate surface area is 107 Å². The minimum absolute atomic E-state index is 0.283. The Morgan fingerprint density at radius 1 is 1.29 bits per heavy atom. The molecular formula is C14H30N2O.